The number of piperidine rings is 1. The van der Waals surface area contributed by atoms with Crippen molar-refractivity contribution in [3.63, 3.8) is 0 Å². The second-order valence-corrected chi connectivity index (χ2v) is 7.70. The lowest BCUT2D eigenvalue weighted by Gasteiger charge is -2.30. The van der Waals surface area contributed by atoms with Crippen LogP contribution in [-0.2, 0) is 16.6 Å². The topological polar surface area (TPSA) is 67.9 Å². The van der Waals surface area contributed by atoms with E-state index in [0.29, 0.717) is 43.5 Å². The van der Waals surface area contributed by atoms with Gasteiger partial charge in [-0.15, -0.1) is 0 Å². The molecule has 1 heterocycles. The molecule has 7 heteroatoms. The fourth-order valence-electron chi connectivity index (χ4n) is 2.82. The van der Waals surface area contributed by atoms with E-state index in [-0.39, 0.29) is 0 Å². The van der Waals surface area contributed by atoms with Crippen LogP contribution < -0.4 is 14.2 Å². The van der Waals surface area contributed by atoms with E-state index in [0.717, 1.165) is 18.4 Å². The van der Waals surface area contributed by atoms with Crippen molar-refractivity contribution in [3.8, 4) is 11.5 Å². The third-order valence-electron chi connectivity index (χ3n) is 4.11. The van der Waals surface area contributed by atoms with Gasteiger partial charge in [-0.05, 0) is 42.9 Å². The summed E-state index contributed by atoms with van der Waals surface area (Å²) in [5, 5.41) is 0. The van der Waals surface area contributed by atoms with E-state index < -0.39 is 10.2 Å². The van der Waals surface area contributed by atoms with Gasteiger partial charge in [-0.2, -0.15) is 12.7 Å². The summed E-state index contributed by atoms with van der Waals surface area (Å²) in [6.07, 6.45) is 2.62. The fraction of sp³-hybridized carbons (Fsp3) is 0.625. The summed E-state index contributed by atoms with van der Waals surface area (Å²) in [5.41, 5.74) is 0.998. The average Bonchev–Trinajstić information content (AvgIpc) is 2.54. The molecule has 130 valence electrons. The maximum atomic E-state index is 12.3. The molecule has 0 bridgehead atoms. The first-order valence-corrected chi connectivity index (χ1v) is 9.36. The van der Waals surface area contributed by atoms with E-state index in [9.17, 15) is 8.42 Å². The maximum absolute atomic E-state index is 12.3. The minimum atomic E-state index is -3.39. The first-order valence-electron chi connectivity index (χ1n) is 7.92. The number of nitrogens with one attached hydrogen (secondary N) is 1. The molecule has 1 aromatic rings. The number of nitrogens with zero attached hydrogens (tertiary/aromatic N) is 1. The molecule has 0 aromatic heterocycles. The Kier molecular flexibility index (Phi) is 6.26. The summed E-state index contributed by atoms with van der Waals surface area (Å²) in [7, 11) is -0.214. The predicted molar refractivity (Wildman–Crippen MR) is 90.1 cm³/mol. The molecule has 1 atom stereocenters. The normalized spacial score (nSPS) is 19.5. The van der Waals surface area contributed by atoms with Crippen LogP contribution in [0.1, 0.15) is 25.3 Å². The number of hydrogen-bond acceptors (Lipinski definition) is 4. The highest BCUT2D eigenvalue weighted by Gasteiger charge is 2.26. The number of methoxy groups -OCH3 is 2. The van der Waals surface area contributed by atoms with Crippen molar-refractivity contribution in [2.24, 2.45) is 5.92 Å². The molecule has 1 aliphatic rings. The lowest BCUT2D eigenvalue weighted by Crippen LogP contribution is -2.46. The van der Waals surface area contributed by atoms with Crippen molar-refractivity contribution in [1.29, 1.82) is 0 Å². The zero-order valence-electron chi connectivity index (χ0n) is 14.0. The van der Waals surface area contributed by atoms with E-state index in [4.69, 9.17) is 9.47 Å². The molecule has 0 saturated carbocycles. The van der Waals surface area contributed by atoms with Gasteiger partial charge in [-0.25, -0.2) is 4.72 Å². The summed E-state index contributed by atoms with van der Waals surface area (Å²) >= 11 is 0. The summed E-state index contributed by atoms with van der Waals surface area (Å²) in [5.74, 6) is 1.74. The Morgan fingerprint density at radius 2 is 2.00 bits per heavy atom. The third kappa shape index (κ3) is 4.83. The minimum Gasteiger partial charge on any atom is -0.493 e. The number of hydrogen-bond donors (Lipinski definition) is 1. The van der Waals surface area contributed by atoms with Crippen molar-refractivity contribution < 1.29 is 17.9 Å². The van der Waals surface area contributed by atoms with Gasteiger partial charge in [-0.3, -0.25) is 0 Å². The third-order valence-corrected chi connectivity index (χ3v) is 5.69. The molecule has 6 nitrogen and oxygen atoms in total. The summed E-state index contributed by atoms with van der Waals surface area (Å²) in [6.45, 7) is 3.66. The molecule has 0 radical (unpaired) electrons. The average molecular weight is 342 g/mol. The Morgan fingerprint density at radius 3 is 2.65 bits per heavy atom. The highest BCUT2D eigenvalue weighted by Crippen LogP contribution is 2.27. The van der Waals surface area contributed by atoms with E-state index >= 15 is 0 Å². The summed E-state index contributed by atoms with van der Waals surface area (Å²) in [6, 6.07) is 5.61. The maximum Gasteiger partial charge on any atom is 0.279 e. The largest absolute Gasteiger partial charge is 0.493 e. The highest BCUT2D eigenvalue weighted by atomic mass is 32.2. The van der Waals surface area contributed by atoms with Gasteiger partial charge < -0.3 is 9.47 Å². The van der Waals surface area contributed by atoms with Crippen LogP contribution in [0.25, 0.3) is 0 Å². The molecule has 0 amide bonds. The van der Waals surface area contributed by atoms with Gasteiger partial charge in [0.05, 0.1) is 14.2 Å². The molecule has 2 rings (SSSR count). The Labute approximate surface area is 139 Å². The van der Waals surface area contributed by atoms with Crippen LogP contribution in [0.15, 0.2) is 18.2 Å². The lowest BCUT2D eigenvalue weighted by molar-refractivity contribution is 0.278. The van der Waals surface area contributed by atoms with Crippen LogP contribution in [0.4, 0.5) is 0 Å². The van der Waals surface area contributed by atoms with E-state index in [1.165, 1.54) is 0 Å². The SMILES string of the molecule is COc1ccc(CCNS(=O)(=O)N2CCCC(C)C2)cc1OC. The zero-order valence-corrected chi connectivity index (χ0v) is 14.9. The molecule has 1 fully saturated rings. The van der Waals surface area contributed by atoms with Crippen molar-refractivity contribution in [1.82, 2.24) is 9.03 Å². The number of rotatable bonds is 7. The van der Waals surface area contributed by atoms with Gasteiger partial charge >= 0.3 is 0 Å². The van der Waals surface area contributed by atoms with Crippen LogP contribution in [0.2, 0.25) is 0 Å². The van der Waals surface area contributed by atoms with Crippen molar-refractivity contribution in [2.75, 3.05) is 33.9 Å². The van der Waals surface area contributed by atoms with Gasteiger partial charge in [0.15, 0.2) is 11.5 Å². The van der Waals surface area contributed by atoms with Crippen LogP contribution >= 0.6 is 0 Å². The van der Waals surface area contributed by atoms with Crippen molar-refractivity contribution in [3.05, 3.63) is 23.8 Å². The lowest BCUT2D eigenvalue weighted by atomic mass is 10.0. The Morgan fingerprint density at radius 1 is 1.26 bits per heavy atom. The smallest absolute Gasteiger partial charge is 0.279 e. The molecular weight excluding hydrogens is 316 g/mol. The van der Waals surface area contributed by atoms with Crippen LogP contribution in [0.3, 0.4) is 0 Å². The zero-order chi connectivity index (χ0) is 16.9. The van der Waals surface area contributed by atoms with Gasteiger partial charge in [0.25, 0.3) is 10.2 Å². The molecule has 1 aliphatic heterocycles. The Hall–Kier alpha value is -1.31. The second kappa shape index (κ2) is 7.99. The number of ether oxygens (including phenoxy) is 2. The second-order valence-electron chi connectivity index (χ2n) is 5.94. The predicted octanol–water partition coefficient (Wildman–Crippen LogP) is 1.81. The van der Waals surface area contributed by atoms with E-state index in [2.05, 4.69) is 11.6 Å². The van der Waals surface area contributed by atoms with E-state index in [1.807, 2.05) is 18.2 Å². The molecular formula is C16H26N2O4S. The van der Waals surface area contributed by atoms with Crippen molar-refractivity contribution in [2.45, 2.75) is 26.2 Å². The molecule has 23 heavy (non-hydrogen) atoms. The molecule has 1 N–H and O–H groups in total. The molecule has 0 aliphatic carbocycles. The van der Waals surface area contributed by atoms with Crippen LogP contribution in [0.5, 0.6) is 11.5 Å². The first-order chi connectivity index (χ1) is 11.0. The molecule has 1 aromatic carbocycles. The minimum absolute atomic E-state index is 0.364. The van der Waals surface area contributed by atoms with Crippen molar-refractivity contribution >= 4 is 10.2 Å². The summed E-state index contributed by atoms with van der Waals surface area (Å²) < 4.78 is 39.3. The number of benzene rings is 1. The van der Waals surface area contributed by atoms with Gasteiger partial charge in [0.2, 0.25) is 0 Å². The van der Waals surface area contributed by atoms with Gasteiger partial charge in [0.1, 0.15) is 0 Å². The monoisotopic (exact) mass is 342 g/mol. The molecule has 1 unspecified atom stereocenters. The van der Waals surface area contributed by atoms with Gasteiger partial charge in [-0.1, -0.05) is 13.0 Å². The van der Waals surface area contributed by atoms with Gasteiger partial charge in [0, 0.05) is 19.6 Å². The van der Waals surface area contributed by atoms with E-state index in [1.54, 1.807) is 18.5 Å². The standard InChI is InChI=1S/C16H26N2O4S/c1-13-5-4-10-18(12-13)23(19,20)17-9-8-14-6-7-15(21-2)16(11-14)22-3/h6-7,11,13,17H,4-5,8-10,12H2,1-3H3. The Bertz CT molecular complexity index is 619. The molecule has 1 saturated heterocycles. The first kappa shape index (κ1) is 18.0. The quantitative estimate of drug-likeness (QED) is 0.821. The van der Waals surface area contributed by atoms with Crippen LogP contribution in [-0.4, -0.2) is 46.6 Å². The highest BCUT2D eigenvalue weighted by molar-refractivity contribution is 7.87. The summed E-state index contributed by atoms with van der Waals surface area (Å²) in [4.78, 5) is 0. The van der Waals surface area contributed by atoms with Crippen LogP contribution in [0, 0.1) is 5.92 Å². The fourth-order valence-corrected chi connectivity index (χ4v) is 4.18. The molecule has 0 spiro atoms. The Balaban J connectivity index is 1.91.